The standard InChI is InChI=1S/C73H72N4O/c1-69(2,3)55-40-41-74-66(46-55)77-64-39-36-56(71(7,8)52-28-19-14-20-29-52)45-63(64)62-38-37-61(48-65(62)77)78-60-35-25-34-58(47-60)75-49-76(59-43-51(50-26-17-13-18-27-50)42-57(44-59)70(4,5)6)68(73(11,12)54-32-23-16-24-33-54)67(75)72(9,10)53-30-21-15-22-31-53/h13-48H,1-12H3. The van der Waals surface area contributed by atoms with Gasteiger partial charge in [-0.2, -0.15) is 0 Å². The maximum Gasteiger partial charge on any atom is 0.269 e. The van der Waals surface area contributed by atoms with E-state index in [4.69, 9.17) is 9.72 Å². The van der Waals surface area contributed by atoms with E-state index in [-0.39, 0.29) is 16.2 Å². The van der Waals surface area contributed by atoms with Crippen LogP contribution in [0, 0.1) is 6.33 Å². The molecule has 0 fully saturated rings. The molecule has 0 saturated heterocycles. The lowest BCUT2D eigenvalue weighted by molar-refractivity contribution is -0.611. The number of hydrogen-bond acceptors (Lipinski definition) is 2. The number of benzene rings is 8. The Morgan fingerprint density at radius 2 is 1.00 bits per heavy atom. The second-order valence-electron chi connectivity index (χ2n) is 24.8. The minimum atomic E-state index is -0.502. The summed E-state index contributed by atoms with van der Waals surface area (Å²) in [5.74, 6) is 2.33. The van der Waals surface area contributed by atoms with Crippen molar-refractivity contribution in [2.45, 2.75) is 110 Å². The van der Waals surface area contributed by atoms with Crippen molar-refractivity contribution in [3.8, 4) is 39.8 Å². The van der Waals surface area contributed by atoms with Crippen LogP contribution in [-0.2, 0) is 27.1 Å². The van der Waals surface area contributed by atoms with Crippen molar-refractivity contribution in [3.05, 3.63) is 270 Å². The van der Waals surface area contributed by atoms with Gasteiger partial charge in [-0.3, -0.25) is 13.7 Å². The number of ether oxygens (including phenoxy) is 1. The van der Waals surface area contributed by atoms with E-state index >= 15 is 0 Å². The summed E-state index contributed by atoms with van der Waals surface area (Å²) in [5, 5.41) is 2.31. The first-order valence-electron chi connectivity index (χ1n) is 27.5. The Kier molecular flexibility index (Phi) is 13.0. The normalized spacial score (nSPS) is 12.6. The molecule has 5 nitrogen and oxygen atoms in total. The van der Waals surface area contributed by atoms with Gasteiger partial charge < -0.3 is 4.74 Å². The summed E-state index contributed by atoms with van der Waals surface area (Å²) in [6.45, 7) is 27.7. The Morgan fingerprint density at radius 1 is 0.410 bits per heavy atom. The fourth-order valence-electron chi connectivity index (χ4n) is 11.4. The van der Waals surface area contributed by atoms with E-state index in [1.165, 1.54) is 49.9 Å². The third-order valence-electron chi connectivity index (χ3n) is 16.3. The van der Waals surface area contributed by atoms with Gasteiger partial charge in [0.15, 0.2) is 0 Å². The fraction of sp³-hybridized carbons (Fsp3) is 0.233. The Labute approximate surface area is 462 Å². The molecule has 0 saturated carbocycles. The molecule has 5 heteroatoms. The SMILES string of the molecule is CC(C)(C)c1cc(-c2ccccc2)cc(-[n+]2[c-]n(-c3cccc(Oc4ccc5c6cc(C(C)(C)c7ccccc7)ccc6n(-c6cc(C(C)(C)C)ccn6)c5c4)c3)c(C(C)(C)c3ccccc3)c2C(C)(C)c2ccccc2)c1. The van der Waals surface area contributed by atoms with E-state index in [2.05, 4.69) is 315 Å². The number of hydrogen-bond donors (Lipinski definition) is 0. The van der Waals surface area contributed by atoms with E-state index in [0.717, 1.165) is 56.5 Å². The van der Waals surface area contributed by atoms with E-state index in [0.29, 0.717) is 0 Å². The molecule has 8 aromatic carbocycles. The Balaban J connectivity index is 1.10. The molecule has 11 aromatic rings. The lowest BCUT2D eigenvalue weighted by atomic mass is 9.73. The summed E-state index contributed by atoms with van der Waals surface area (Å²) in [6.07, 6.45) is 6.00. The summed E-state index contributed by atoms with van der Waals surface area (Å²) in [6, 6.07) is 76.7. The molecule has 0 atom stereocenters. The maximum atomic E-state index is 7.07. The fourth-order valence-corrected chi connectivity index (χ4v) is 11.4. The van der Waals surface area contributed by atoms with Crippen LogP contribution in [-0.4, -0.2) is 14.1 Å². The van der Waals surface area contributed by atoms with Gasteiger partial charge >= 0.3 is 0 Å². The highest BCUT2D eigenvalue weighted by atomic mass is 16.5. The van der Waals surface area contributed by atoms with Crippen molar-refractivity contribution in [3.63, 3.8) is 0 Å². The van der Waals surface area contributed by atoms with E-state index in [9.17, 15) is 0 Å². The monoisotopic (exact) mass is 1020 g/mol. The lowest BCUT2D eigenvalue weighted by Crippen LogP contribution is -2.43. The summed E-state index contributed by atoms with van der Waals surface area (Å²) < 4.78 is 14.0. The molecule has 0 amide bonds. The minimum Gasteiger partial charge on any atom is -0.458 e. The van der Waals surface area contributed by atoms with Crippen LogP contribution in [0.5, 0.6) is 11.5 Å². The summed E-state index contributed by atoms with van der Waals surface area (Å²) in [5.41, 5.74) is 14.8. The summed E-state index contributed by atoms with van der Waals surface area (Å²) in [4.78, 5) is 5.04. The molecule has 3 heterocycles. The van der Waals surface area contributed by atoms with Crippen molar-refractivity contribution in [2.24, 2.45) is 0 Å². The Bertz CT molecular complexity index is 3960. The average Bonchev–Trinajstić information content (AvgIpc) is 4.24. The third-order valence-corrected chi connectivity index (χ3v) is 16.3. The Morgan fingerprint density at radius 3 is 1.63 bits per heavy atom. The van der Waals surface area contributed by atoms with Gasteiger partial charge in [0.1, 0.15) is 17.3 Å². The molecule has 3 aromatic heterocycles. The minimum absolute atomic E-state index is 0.0607. The quantitative estimate of drug-likeness (QED) is 0.0903. The Hall–Kier alpha value is -8.28. The molecule has 0 aliphatic rings. The number of pyridine rings is 1. The van der Waals surface area contributed by atoms with Gasteiger partial charge in [0.05, 0.1) is 33.8 Å². The smallest absolute Gasteiger partial charge is 0.269 e. The van der Waals surface area contributed by atoms with Crippen LogP contribution in [0.1, 0.15) is 128 Å². The van der Waals surface area contributed by atoms with Crippen LogP contribution in [0.2, 0.25) is 0 Å². The van der Waals surface area contributed by atoms with Gasteiger partial charge in [0, 0.05) is 39.3 Å². The highest BCUT2D eigenvalue weighted by Crippen LogP contribution is 2.44. The van der Waals surface area contributed by atoms with Gasteiger partial charge in [-0.1, -0.05) is 223 Å². The first-order chi connectivity index (χ1) is 37.2. The van der Waals surface area contributed by atoms with Gasteiger partial charge in [-0.15, -0.1) is 0 Å². The molecule has 0 spiro atoms. The number of rotatable bonds is 12. The molecular weight excluding hydrogens is 949 g/mol. The van der Waals surface area contributed by atoms with Gasteiger partial charge in [0.2, 0.25) is 0 Å². The molecule has 0 aliphatic carbocycles. The van der Waals surface area contributed by atoms with E-state index < -0.39 is 10.8 Å². The van der Waals surface area contributed by atoms with Crippen LogP contribution in [0.15, 0.2) is 219 Å². The van der Waals surface area contributed by atoms with Crippen molar-refractivity contribution in [2.75, 3.05) is 0 Å². The average molecular weight is 1020 g/mol. The zero-order valence-corrected chi connectivity index (χ0v) is 47.5. The van der Waals surface area contributed by atoms with E-state index in [1.807, 2.05) is 6.20 Å². The molecule has 78 heavy (non-hydrogen) atoms. The van der Waals surface area contributed by atoms with Gasteiger partial charge in [-0.25, -0.2) is 4.98 Å². The number of fused-ring (bicyclic) bond motifs is 3. The van der Waals surface area contributed by atoms with Gasteiger partial charge in [-0.05, 0) is 122 Å². The van der Waals surface area contributed by atoms with Crippen molar-refractivity contribution in [1.82, 2.24) is 14.1 Å². The van der Waals surface area contributed by atoms with Crippen molar-refractivity contribution in [1.29, 1.82) is 0 Å². The van der Waals surface area contributed by atoms with E-state index in [1.54, 1.807) is 0 Å². The highest BCUT2D eigenvalue weighted by molar-refractivity contribution is 6.10. The van der Waals surface area contributed by atoms with Crippen molar-refractivity contribution >= 4 is 21.8 Å². The number of imidazole rings is 1. The maximum absolute atomic E-state index is 7.07. The molecule has 0 radical (unpaired) electrons. The summed E-state index contributed by atoms with van der Waals surface area (Å²) in [7, 11) is 0. The molecule has 0 N–H and O–H groups in total. The van der Waals surface area contributed by atoms with Crippen molar-refractivity contribution < 1.29 is 9.30 Å². The zero-order valence-electron chi connectivity index (χ0n) is 47.5. The van der Waals surface area contributed by atoms with Crippen LogP contribution in [0.25, 0.3) is 50.1 Å². The molecule has 0 unspecified atom stereocenters. The van der Waals surface area contributed by atoms with Crippen LogP contribution in [0.4, 0.5) is 0 Å². The van der Waals surface area contributed by atoms with Crippen LogP contribution < -0.4 is 9.30 Å². The number of nitrogens with zero attached hydrogens (tertiary/aromatic N) is 4. The second-order valence-corrected chi connectivity index (χ2v) is 24.8. The second kappa shape index (κ2) is 19.6. The predicted molar refractivity (Wildman–Crippen MR) is 323 cm³/mol. The first-order valence-corrected chi connectivity index (χ1v) is 27.5. The topological polar surface area (TPSA) is 35.9 Å². The molecule has 390 valence electrons. The summed E-state index contributed by atoms with van der Waals surface area (Å²) >= 11 is 0. The molecule has 0 aliphatic heterocycles. The lowest BCUT2D eigenvalue weighted by Gasteiger charge is -2.35. The van der Waals surface area contributed by atoms with Crippen LogP contribution >= 0.6 is 0 Å². The molecule has 11 rings (SSSR count). The highest BCUT2D eigenvalue weighted by Gasteiger charge is 2.40. The first kappa shape index (κ1) is 51.8. The van der Waals surface area contributed by atoms with Crippen LogP contribution in [0.3, 0.4) is 0 Å². The predicted octanol–water partition coefficient (Wildman–Crippen LogP) is 18.1. The number of aromatic nitrogens is 4. The largest absolute Gasteiger partial charge is 0.458 e. The van der Waals surface area contributed by atoms with Gasteiger partial charge in [0.25, 0.3) is 6.33 Å². The molecule has 0 bridgehead atoms. The zero-order chi connectivity index (χ0) is 54.8. The molecular formula is C73H72N4O. The third kappa shape index (κ3) is 9.54.